The highest BCUT2D eigenvalue weighted by molar-refractivity contribution is 6.11. The van der Waals surface area contributed by atoms with E-state index < -0.39 is 17.5 Å². The molecule has 8 aromatic carbocycles. The van der Waals surface area contributed by atoms with Gasteiger partial charge in [0.25, 0.3) is 23.6 Å². The number of hydrogen-bond donors (Lipinski definition) is 16. The molecule has 5 atom stereocenters. The average Bonchev–Trinajstić information content (AvgIpc) is 1.63. The van der Waals surface area contributed by atoms with E-state index in [-0.39, 0.29) is 94.1 Å². The quantitative estimate of drug-likeness (QED) is 0.0154. The first-order valence-corrected chi connectivity index (χ1v) is 40.1. The van der Waals surface area contributed by atoms with Crippen molar-refractivity contribution >= 4 is 67.2 Å². The molecule has 0 bridgehead atoms. The van der Waals surface area contributed by atoms with Crippen LogP contribution in [0, 0.1) is 64.5 Å². The number of fused-ring (bicyclic) bond motifs is 4. The second kappa shape index (κ2) is 40.5. The number of rotatable bonds is 29. The number of H-pyrrole nitrogens is 4. The second-order valence-electron chi connectivity index (χ2n) is 30.4. The third-order valence-corrected chi connectivity index (χ3v) is 21.3. The maximum absolute atomic E-state index is 14.3. The first kappa shape index (κ1) is 85.0. The number of carbonyl (C=O) groups is 4. The summed E-state index contributed by atoms with van der Waals surface area (Å²) in [6, 6.07) is 45.4. The minimum Gasteiger partial charge on any atom is -0.350 e. The second-order valence-corrected chi connectivity index (χ2v) is 30.4. The molecule has 26 heteroatoms. The Morgan fingerprint density at radius 1 is 0.436 bits per heavy atom. The van der Waals surface area contributed by atoms with Crippen molar-refractivity contribution in [1.82, 2.24) is 46.5 Å². The molecule has 3 aliphatic rings. The van der Waals surface area contributed by atoms with Crippen LogP contribution in [0.15, 0.2) is 170 Å². The average molecular weight is 1600 g/mol. The van der Waals surface area contributed by atoms with Crippen LogP contribution in [-0.2, 0) is 6.42 Å². The third-order valence-electron chi connectivity index (χ3n) is 21.3. The molecule has 0 unspecified atom stereocenters. The lowest BCUT2D eigenvalue weighted by Gasteiger charge is -2.12. The Bertz CT molecular complexity index is 5460. The first-order valence-electron chi connectivity index (χ1n) is 40.1. The van der Waals surface area contributed by atoms with E-state index in [0.29, 0.717) is 114 Å². The highest BCUT2D eigenvalue weighted by Gasteiger charge is 2.29. The molecular weight excluding hydrogens is 1500 g/mol. The summed E-state index contributed by atoms with van der Waals surface area (Å²) < 4.78 is 81.7. The van der Waals surface area contributed by atoms with Crippen LogP contribution in [0.3, 0.4) is 0 Å². The predicted octanol–water partition coefficient (Wildman–Crippen LogP) is 13.3. The van der Waals surface area contributed by atoms with Gasteiger partial charge in [-0.1, -0.05) is 122 Å². The molecule has 23 N–H and O–H groups in total. The Morgan fingerprint density at radius 2 is 0.846 bits per heavy atom. The van der Waals surface area contributed by atoms with E-state index in [9.17, 15) is 45.5 Å². The van der Waals surface area contributed by atoms with Gasteiger partial charge >= 0.3 is 0 Å². The van der Waals surface area contributed by atoms with Crippen LogP contribution in [0.1, 0.15) is 130 Å². The van der Waals surface area contributed by atoms with E-state index in [1.807, 2.05) is 30.3 Å². The van der Waals surface area contributed by atoms with Crippen molar-refractivity contribution in [2.75, 3.05) is 58.9 Å². The van der Waals surface area contributed by atoms with Crippen molar-refractivity contribution < 1.29 is 45.5 Å². The molecule has 612 valence electrons. The number of aromatic amines is 4. The van der Waals surface area contributed by atoms with Crippen LogP contribution < -0.4 is 66.7 Å². The molecule has 0 radical (unpaired) electrons. The summed E-state index contributed by atoms with van der Waals surface area (Å²) in [6.45, 7) is 4.73. The van der Waals surface area contributed by atoms with E-state index in [4.69, 9.17) is 40.1 Å². The summed E-state index contributed by atoms with van der Waals surface area (Å²) in [6.07, 6.45) is 12.4. The molecule has 117 heavy (non-hydrogen) atoms. The topological polar surface area (TPSA) is 374 Å². The number of aromatic nitrogens is 4. The number of amides is 4. The number of carbonyl (C=O) groups excluding carboxylic acids is 4. The van der Waals surface area contributed by atoms with E-state index in [0.717, 1.165) is 126 Å². The van der Waals surface area contributed by atoms with Gasteiger partial charge in [0.1, 0.15) is 57.7 Å². The minimum absolute atomic E-state index is 0.100. The molecule has 2 aliphatic carbocycles. The van der Waals surface area contributed by atoms with Gasteiger partial charge in [-0.25, -0.2) is 26.3 Å². The number of para-hydroxylation sites is 2. The molecule has 4 aromatic heterocycles. The molecule has 15 rings (SSSR count). The molecule has 12 aromatic rings. The smallest absolute Gasteiger partial charge is 0.269 e. The fraction of sp³-hybridized carbons (Fsp3) is 0.319. The summed E-state index contributed by atoms with van der Waals surface area (Å²) in [5.41, 5.74) is 52.0. The van der Waals surface area contributed by atoms with E-state index in [1.54, 1.807) is 72.8 Å². The van der Waals surface area contributed by atoms with Gasteiger partial charge in [-0.3, -0.25) is 19.2 Å². The van der Waals surface area contributed by atoms with Gasteiger partial charge in [-0.05, 0) is 227 Å². The summed E-state index contributed by atoms with van der Waals surface area (Å²) in [4.78, 5) is 64.0. The van der Waals surface area contributed by atoms with Crippen molar-refractivity contribution in [1.29, 1.82) is 0 Å². The first-order chi connectivity index (χ1) is 56.7. The summed E-state index contributed by atoms with van der Waals surface area (Å²) in [7, 11) is 0. The lowest BCUT2D eigenvalue weighted by atomic mass is 10.00. The molecule has 20 nitrogen and oxygen atoms in total. The zero-order valence-corrected chi connectivity index (χ0v) is 65.2. The molecule has 1 saturated heterocycles. The van der Waals surface area contributed by atoms with Crippen LogP contribution >= 0.6 is 0 Å². The standard InChI is InChI=1S/C25H31FN4O.C25H27FN4O.C21H22F2N4O.C20H22F2N4O/c2*26-19-9-6-17(7-10-19)18-8-12-21-22(11-5-16-3-4-16)24(30-23(21)14-18)25(31)29-15-20(28)2-1-13-27;22-14-6-4-13(5-7-14)18-16-2-1-3-17(23)19(16)27-20(18)21(28)26-11-15-8-12(9-24)10-25-15;21-13-8-6-12(7-9-13)17-15-4-1-5-16(22)18(15)26-19(17)20(27)25-11-14(24)3-2-10-23/h6-10,12,14,16,20,30H,1-5,11,13,15,27-28H2,(H,29,31);6-10,12,14,16,20,30H,1-4,13,15,27-28H2,(H,29,31);1-7,12,15,25,27H,8-11,24H2,(H,26,28);1,4-9,14,26H,2-3,10-11,23-24H2,(H,25,27)/t2*20-;12-,15+;14-/m0010/s1. The summed E-state index contributed by atoms with van der Waals surface area (Å²) in [5.74, 6) is 4.86. The van der Waals surface area contributed by atoms with Crippen LogP contribution in [0.25, 0.3) is 88.1 Å². The zero-order chi connectivity index (χ0) is 82.7. The molecule has 0 spiro atoms. The molecule has 3 fully saturated rings. The Hall–Kier alpha value is -11.4. The molecule has 1 aliphatic heterocycles. The molecule has 4 amide bonds. The third kappa shape index (κ3) is 22.4. The Kier molecular flexibility index (Phi) is 29.4. The van der Waals surface area contributed by atoms with Gasteiger partial charge in [0.15, 0.2) is 0 Å². The maximum Gasteiger partial charge on any atom is 0.269 e. The van der Waals surface area contributed by atoms with E-state index in [2.05, 4.69) is 64.4 Å². The Labute approximate surface area is 675 Å². The summed E-state index contributed by atoms with van der Waals surface area (Å²) >= 11 is 0. The van der Waals surface area contributed by atoms with Crippen molar-refractivity contribution in [3.8, 4) is 56.3 Å². The highest BCUT2D eigenvalue weighted by atomic mass is 19.1. The zero-order valence-electron chi connectivity index (χ0n) is 65.2. The number of nitrogens with two attached hydrogens (primary N) is 7. The van der Waals surface area contributed by atoms with Crippen molar-refractivity contribution in [3.05, 3.63) is 239 Å². The fourth-order valence-corrected chi connectivity index (χ4v) is 14.5. The molecule has 2 saturated carbocycles. The van der Waals surface area contributed by atoms with Crippen LogP contribution in [-0.4, -0.2) is 127 Å². The van der Waals surface area contributed by atoms with Gasteiger partial charge in [0, 0.05) is 100.0 Å². The number of benzene rings is 8. The number of halogens is 6. The summed E-state index contributed by atoms with van der Waals surface area (Å²) in [5, 5.41) is 18.1. The lowest BCUT2D eigenvalue weighted by Crippen LogP contribution is -2.37. The van der Waals surface area contributed by atoms with Crippen molar-refractivity contribution in [2.45, 2.75) is 108 Å². The monoisotopic (exact) mass is 1600 g/mol. The predicted molar refractivity (Wildman–Crippen MR) is 452 cm³/mol. The van der Waals surface area contributed by atoms with Gasteiger partial charge in [0.05, 0.1) is 16.6 Å². The van der Waals surface area contributed by atoms with Crippen LogP contribution in [0.2, 0.25) is 0 Å². The van der Waals surface area contributed by atoms with Crippen molar-refractivity contribution in [2.24, 2.45) is 57.9 Å². The van der Waals surface area contributed by atoms with Crippen molar-refractivity contribution in [3.63, 3.8) is 0 Å². The van der Waals surface area contributed by atoms with Gasteiger partial charge in [-0.15, -0.1) is 0 Å². The Morgan fingerprint density at radius 3 is 1.28 bits per heavy atom. The highest BCUT2D eigenvalue weighted by Crippen LogP contribution is 2.39. The maximum atomic E-state index is 14.3. The minimum atomic E-state index is -0.463. The fourth-order valence-electron chi connectivity index (χ4n) is 14.5. The Balaban J connectivity index is 0.000000144. The lowest BCUT2D eigenvalue weighted by molar-refractivity contribution is 0.0938. The van der Waals surface area contributed by atoms with Gasteiger partial charge < -0.3 is 86.7 Å². The SMILES string of the molecule is NCCC[C@H](N)CNC(=O)c1[nH]c2c(F)cccc2c1-c1ccc(F)cc1.NCCC[C@H](N)CNC(=O)c1[nH]c2cc(-c3ccc(F)cc3)ccc2c1C#CC1CC1.NCCC[C@H](N)CNC(=O)c1[nH]c2cc(-c3ccc(F)cc3)ccc2c1CCC1CC1.NC[C@@H]1CN[C@H](CNC(=O)c2[nH]c3c(F)cccc3c2-c2ccc(F)cc2)C1. The largest absolute Gasteiger partial charge is 0.350 e. The molecule has 5 heterocycles. The number of nitrogens with one attached hydrogen (secondary N) is 9. The number of aryl methyl sites for hydroxylation is 1. The molecular formula is C91H102F6N16O4. The van der Waals surface area contributed by atoms with Crippen LogP contribution in [0.4, 0.5) is 26.3 Å². The van der Waals surface area contributed by atoms with Gasteiger partial charge in [-0.2, -0.15) is 0 Å². The van der Waals surface area contributed by atoms with Gasteiger partial charge in [0.2, 0.25) is 0 Å². The normalized spacial score (nSPS) is 15.1. The van der Waals surface area contributed by atoms with E-state index >= 15 is 0 Å². The van der Waals surface area contributed by atoms with Crippen LogP contribution in [0.5, 0.6) is 0 Å². The van der Waals surface area contributed by atoms with E-state index in [1.165, 1.54) is 73.5 Å². The number of hydrogen-bond acceptors (Lipinski definition) is 12.